The van der Waals surface area contributed by atoms with Crippen molar-refractivity contribution in [1.82, 2.24) is 9.47 Å². The molecule has 0 saturated heterocycles. The summed E-state index contributed by atoms with van der Waals surface area (Å²) >= 11 is 1.50. The number of fused-ring (bicyclic) bond motifs is 1. The molecule has 30 heavy (non-hydrogen) atoms. The van der Waals surface area contributed by atoms with Crippen molar-refractivity contribution in [2.75, 3.05) is 6.54 Å². The highest BCUT2D eigenvalue weighted by atomic mass is 32.1. The van der Waals surface area contributed by atoms with Crippen molar-refractivity contribution in [1.29, 1.82) is 0 Å². The molecule has 1 atom stereocenters. The van der Waals surface area contributed by atoms with E-state index in [1.165, 1.54) is 11.3 Å². The standard InChI is InChI=1S/C24H26N2O3S/c1-15(2)13-19(27)21-22(20-9-6-12-30-20)26(24(29)23(21)28)11-10-16-14-25(3)18-8-5-4-7-17(16)18/h4-9,12,14-15,22,28H,10-11,13H2,1-3H3. The number of para-hydroxylation sites is 1. The number of Topliss-reactive ketones (excluding diaryl/α,β-unsaturated/α-hetero) is 1. The average Bonchev–Trinajstić information content (AvgIpc) is 3.40. The maximum Gasteiger partial charge on any atom is 0.290 e. The number of hydrogen-bond acceptors (Lipinski definition) is 4. The van der Waals surface area contributed by atoms with E-state index in [4.69, 9.17) is 0 Å². The molecule has 156 valence electrons. The smallest absolute Gasteiger partial charge is 0.290 e. The first-order valence-electron chi connectivity index (χ1n) is 10.2. The molecule has 0 aliphatic carbocycles. The van der Waals surface area contributed by atoms with Gasteiger partial charge in [0.2, 0.25) is 0 Å². The molecule has 1 N–H and O–H groups in total. The number of nitrogens with zero attached hydrogens (tertiary/aromatic N) is 2. The van der Waals surface area contributed by atoms with Crippen LogP contribution in [-0.4, -0.2) is 32.8 Å². The van der Waals surface area contributed by atoms with Crippen LogP contribution in [0.1, 0.15) is 36.8 Å². The fourth-order valence-electron chi connectivity index (χ4n) is 4.26. The van der Waals surface area contributed by atoms with Gasteiger partial charge >= 0.3 is 0 Å². The summed E-state index contributed by atoms with van der Waals surface area (Å²) in [4.78, 5) is 28.4. The van der Waals surface area contributed by atoms with E-state index in [-0.39, 0.29) is 17.3 Å². The summed E-state index contributed by atoms with van der Waals surface area (Å²) < 4.78 is 2.08. The van der Waals surface area contributed by atoms with Crippen LogP contribution in [0.25, 0.3) is 10.9 Å². The molecule has 4 rings (SSSR count). The van der Waals surface area contributed by atoms with Gasteiger partial charge in [-0.3, -0.25) is 9.59 Å². The Hall–Kier alpha value is -2.86. The topological polar surface area (TPSA) is 62.5 Å². The molecule has 3 heterocycles. The zero-order valence-electron chi connectivity index (χ0n) is 17.5. The highest BCUT2D eigenvalue weighted by molar-refractivity contribution is 7.10. The molecule has 1 aliphatic rings. The van der Waals surface area contributed by atoms with Crippen LogP contribution >= 0.6 is 11.3 Å². The fourth-order valence-corrected chi connectivity index (χ4v) is 5.10. The average molecular weight is 423 g/mol. The molecule has 0 radical (unpaired) electrons. The molecule has 1 aliphatic heterocycles. The van der Waals surface area contributed by atoms with Gasteiger partial charge in [0.1, 0.15) is 0 Å². The summed E-state index contributed by atoms with van der Waals surface area (Å²) in [5.74, 6) is -0.846. The van der Waals surface area contributed by atoms with Gasteiger partial charge in [0.05, 0.1) is 11.6 Å². The van der Waals surface area contributed by atoms with Crippen molar-refractivity contribution in [3.63, 3.8) is 0 Å². The Labute approximate surface area is 180 Å². The highest BCUT2D eigenvalue weighted by Gasteiger charge is 2.43. The second-order valence-corrected chi connectivity index (χ2v) is 9.21. The van der Waals surface area contributed by atoms with Crippen molar-refractivity contribution >= 4 is 33.9 Å². The minimum Gasteiger partial charge on any atom is -0.503 e. The first kappa shape index (κ1) is 20.4. The summed E-state index contributed by atoms with van der Waals surface area (Å²) in [6, 6.07) is 11.5. The number of amides is 1. The molecule has 0 bridgehead atoms. The summed E-state index contributed by atoms with van der Waals surface area (Å²) in [5.41, 5.74) is 2.53. The van der Waals surface area contributed by atoms with Gasteiger partial charge in [0.25, 0.3) is 5.91 Å². The lowest BCUT2D eigenvalue weighted by Crippen LogP contribution is -2.32. The quantitative estimate of drug-likeness (QED) is 0.595. The van der Waals surface area contributed by atoms with Crippen LogP contribution in [0.4, 0.5) is 0 Å². The van der Waals surface area contributed by atoms with E-state index in [0.29, 0.717) is 19.4 Å². The lowest BCUT2D eigenvalue weighted by atomic mass is 9.95. The van der Waals surface area contributed by atoms with Crippen LogP contribution in [0.5, 0.6) is 0 Å². The van der Waals surface area contributed by atoms with Gasteiger partial charge in [-0.15, -0.1) is 11.3 Å². The third-order valence-electron chi connectivity index (χ3n) is 5.61. The number of thiophene rings is 1. The summed E-state index contributed by atoms with van der Waals surface area (Å²) in [6.45, 7) is 4.35. The third kappa shape index (κ3) is 3.56. The van der Waals surface area contributed by atoms with E-state index < -0.39 is 17.7 Å². The minimum absolute atomic E-state index is 0.151. The van der Waals surface area contributed by atoms with E-state index >= 15 is 0 Å². The molecule has 3 aromatic rings. The zero-order valence-corrected chi connectivity index (χ0v) is 18.3. The predicted octanol–water partition coefficient (Wildman–Crippen LogP) is 4.79. The lowest BCUT2D eigenvalue weighted by Gasteiger charge is -2.25. The van der Waals surface area contributed by atoms with E-state index in [2.05, 4.69) is 22.9 Å². The second kappa shape index (κ2) is 8.11. The summed E-state index contributed by atoms with van der Waals surface area (Å²) in [6.07, 6.45) is 3.04. The molecule has 1 unspecified atom stereocenters. The number of rotatable bonds is 7. The van der Waals surface area contributed by atoms with Crippen LogP contribution < -0.4 is 0 Å². The summed E-state index contributed by atoms with van der Waals surface area (Å²) in [7, 11) is 2.01. The highest BCUT2D eigenvalue weighted by Crippen LogP contribution is 2.40. The monoisotopic (exact) mass is 422 g/mol. The van der Waals surface area contributed by atoms with Crippen molar-refractivity contribution in [3.05, 3.63) is 69.7 Å². The largest absolute Gasteiger partial charge is 0.503 e. The number of carbonyl (C=O) groups is 2. The Bertz CT molecular complexity index is 1120. The Kier molecular flexibility index (Phi) is 5.52. The molecule has 1 amide bonds. The molecule has 0 saturated carbocycles. The number of hydrogen-bond donors (Lipinski definition) is 1. The van der Waals surface area contributed by atoms with Crippen LogP contribution in [0.2, 0.25) is 0 Å². The van der Waals surface area contributed by atoms with E-state index in [9.17, 15) is 14.7 Å². The molecule has 6 heteroatoms. The van der Waals surface area contributed by atoms with Gasteiger partial charge in [-0.1, -0.05) is 38.1 Å². The van der Waals surface area contributed by atoms with Crippen molar-refractivity contribution in [2.24, 2.45) is 13.0 Å². The fraction of sp³-hybridized carbons (Fsp3) is 0.333. The first-order chi connectivity index (χ1) is 14.4. The maximum absolute atomic E-state index is 13.0. The lowest BCUT2D eigenvalue weighted by molar-refractivity contribution is -0.129. The normalized spacial score (nSPS) is 17.0. The minimum atomic E-state index is -0.515. The number of aryl methyl sites for hydroxylation is 1. The Morgan fingerprint density at radius 3 is 2.67 bits per heavy atom. The number of benzene rings is 1. The summed E-state index contributed by atoms with van der Waals surface area (Å²) in [5, 5.41) is 13.7. The second-order valence-electron chi connectivity index (χ2n) is 8.23. The number of aromatic nitrogens is 1. The number of aliphatic hydroxyl groups is 1. The van der Waals surface area contributed by atoms with Crippen LogP contribution in [-0.2, 0) is 23.1 Å². The van der Waals surface area contributed by atoms with Gasteiger partial charge in [-0.05, 0) is 35.4 Å². The predicted molar refractivity (Wildman–Crippen MR) is 120 cm³/mol. The number of aliphatic hydroxyl groups excluding tert-OH is 1. The third-order valence-corrected chi connectivity index (χ3v) is 6.54. The van der Waals surface area contributed by atoms with E-state index in [1.807, 2.05) is 50.5 Å². The molecule has 2 aromatic heterocycles. The van der Waals surface area contributed by atoms with E-state index in [0.717, 1.165) is 21.3 Å². The zero-order chi connectivity index (χ0) is 21.4. The van der Waals surface area contributed by atoms with Crippen molar-refractivity contribution in [3.8, 4) is 0 Å². The van der Waals surface area contributed by atoms with Gasteiger partial charge in [-0.25, -0.2) is 0 Å². The first-order valence-corrected chi connectivity index (χ1v) is 11.1. The molecule has 0 fully saturated rings. The maximum atomic E-state index is 13.0. The molecule has 5 nitrogen and oxygen atoms in total. The van der Waals surface area contributed by atoms with Crippen molar-refractivity contribution in [2.45, 2.75) is 32.7 Å². The van der Waals surface area contributed by atoms with Crippen molar-refractivity contribution < 1.29 is 14.7 Å². The molecule has 1 aromatic carbocycles. The molecular weight excluding hydrogens is 396 g/mol. The molecule has 0 spiro atoms. The molecular formula is C24H26N2O3S. The number of ketones is 1. The van der Waals surface area contributed by atoms with E-state index in [1.54, 1.807) is 4.90 Å². The Balaban J connectivity index is 1.65. The Morgan fingerprint density at radius 1 is 1.20 bits per heavy atom. The van der Waals surface area contributed by atoms with Gasteiger partial charge in [0.15, 0.2) is 11.5 Å². The van der Waals surface area contributed by atoms with Gasteiger partial charge < -0.3 is 14.6 Å². The SMILES string of the molecule is CC(C)CC(=O)C1=C(O)C(=O)N(CCc2cn(C)c3ccccc23)C1c1cccs1. The van der Waals surface area contributed by atoms with Crippen LogP contribution in [0.3, 0.4) is 0 Å². The van der Waals surface area contributed by atoms with Gasteiger partial charge in [0, 0.05) is 42.0 Å². The van der Waals surface area contributed by atoms with Crippen LogP contribution in [0.15, 0.2) is 59.3 Å². The Morgan fingerprint density at radius 2 is 1.97 bits per heavy atom. The van der Waals surface area contributed by atoms with Gasteiger partial charge in [-0.2, -0.15) is 0 Å². The van der Waals surface area contributed by atoms with Crippen LogP contribution in [0, 0.1) is 5.92 Å². The number of carbonyl (C=O) groups excluding carboxylic acids is 2.